The zero-order valence-electron chi connectivity index (χ0n) is 29.4. The summed E-state index contributed by atoms with van der Waals surface area (Å²) in [6.07, 6.45) is 5.28. The number of hydrogen-bond acceptors (Lipinski definition) is 9. The molecule has 3 atom stereocenters. The number of carboxylic acid groups (broad SMARTS) is 1. The molecule has 1 aliphatic heterocycles. The number of nitrogens with one attached hydrogen (secondary N) is 2. The fourth-order valence-corrected chi connectivity index (χ4v) is 7.79. The molecule has 3 amide bonds. The lowest BCUT2D eigenvalue weighted by molar-refractivity contribution is -0.140. The second kappa shape index (κ2) is 18.5. The summed E-state index contributed by atoms with van der Waals surface area (Å²) in [6, 6.07) is 10.3. The molecule has 2 heterocycles. The number of likely N-dealkylation sites (N-methyl/N-ethyl adjacent to an activating group) is 2. The number of benzene rings is 2. The fourth-order valence-electron chi connectivity index (χ4n) is 6.82. The average molecular weight is 710 g/mol. The smallest absolute Gasteiger partial charge is 0.407 e. The van der Waals surface area contributed by atoms with Gasteiger partial charge in [0, 0.05) is 36.5 Å². The van der Waals surface area contributed by atoms with E-state index in [1.807, 2.05) is 42.3 Å². The van der Waals surface area contributed by atoms with Crippen LogP contribution in [0, 0.1) is 5.92 Å². The second-order valence-electron chi connectivity index (χ2n) is 13.0. The van der Waals surface area contributed by atoms with Gasteiger partial charge in [-0.15, -0.1) is 11.3 Å². The third-order valence-corrected chi connectivity index (χ3v) is 10.7. The monoisotopic (exact) mass is 709 g/mol. The number of nitrogens with zero attached hydrogens (tertiary/aromatic N) is 3. The van der Waals surface area contributed by atoms with Gasteiger partial charge in [0.1, 0.15) is 29.4 Å². The SMILES string of the molecule is CNCCOCCOCCOc1ccc(-c2csc([C@@H]3CCCN3C(=O)[C@@H](NC(=O)[C@H](C)N(C)C(=O)O)C3CCCCC3)n2)c2ccccc12. The van der Waals surface area contributed by atoms with Crippen LogP contribution in [0.5, 0.6) is 5.75 Å². The van der Waals surface area contributed by atoms with E-state index < -0.39 is 24.1 Å². The normalized spacial score (nSPS) is 17.8. The number of carbonyl (C=O) groups excluding carboxylic acids is 2. The molecule has 1 aromatic heterocycles. The molecule has 1 saturated heterocycles. The van der Waals surface area contributed by atoms with Gasteiger partial charge in [-0.1, -0.05) is 43.5 Å². The zero-order valence-corrected chi connectivity index (χ0v) is 30.2. The summed E-state index contributed by atoms with van der Waals surface area (Å²) in [6.45, 7) is 5.54. The van der Waals surface area contributed by atoms with E-state index in [1.54, 1.807) is 18.3 Å². The lowest BCUT2D eigenvalue weighted by Crippen LogP contribution is -2.56. The maximum atomic E-state index is 14.3. The highest BCUT2D eigenvalue weighted by atomic mass is 32.1. The second-order valence-corrected chi connectivity index (χ2v) is 13.9. The quantitative estimate of drug-likeness (QED) is 0.159. The molecule has 1 saturated carbocycles. The number of aromatic nitrogens is 1. The molecule has 13 heteroatoms. The van der Waals surface area contributed by atoms with Gasteiger partial charge in [0.2, 0.25) is 11.8 Å². The summed E-state index contributed by atoms with van der Waals surface area (Å²) in [5, 5.41) is 20.4. The molecule has 0 bridgehead atoms. The first-order chi connectivity index (χ1) is 24.3. The van der Waals surface area contributed by atoms with Gasteiger partial charge in [-0.2, -0.15) is 0 Å². The third kappa shape index (κ3) is 9.30. The van der Waals surface area contributed by atoms with E-state index >= 15 is 0 Å². The Bertz CT molecular complexity index is 1580. The average Bonchev–Trinajstić information content (AvgIpc) is 3.83. The summed E-state index contributed by atoms with van der Waals surface area (Å²) in [4.78, 5) is 47.0. The van der Waals surface area contributed by atoms with Crippen molar-refractivity contribution in [3.05, 3.63) is 46.8 Å². The predicted octanol–water partition coefficient (Wildman–Crippen LogP) is 5.32. The van der Waals surface area contributed by atoms with Crippen LogP contribution in [0.3, 0.4) is 0 Å². The minimum absolute atomic E-state index is 0.0108. The van der Waals surface area contributed by atoms with Gasteiger partial charge < -0.3 is 34.9 Å². The molecule has 1 aliphatic carbocycles. The lowest BCUT2D eigenvalue weighted by Gasteiger charge is -2.35. The van der Waals surface area contributed by atoms with Crippen LogP contribution in [0.1, 0.15) is 62.9 Å². The van der Waals surface area contributed by atoms with Gasteiger partial charge in [-0.25, -0.2) is 9.78 Å². The molecule has 3 aromatic rings. The maximum absolute atomic E-state index is 14.3. The molecule has 2 aromatic carbocycles. The summed E-state index contributed by atoms with van der Waals surface area (Å²) < 4.78 is 17.3. The molecule has 12 nitrogen and oxygen atoms in total. The first-order valence-electron chi connectivity index (χ1n) is 17.8. The molecule has 272 valence electrons. The van der Waals surface area contributed by atoms with Crippen LogP contribution in [0.2, 0.25) is 0 Å². The number of rotatable bonds is 17. The van der Waals surface area contributed by atoms with E-state index in [2.05, 4.69) is 22.1 Å². The van der Waals surface area contributed by atoms with Crippen molar-refractivity contribution in [1.29, 1.82) is 0 Å². The lowest BCUT2D eigenvalue weighted by atomic mass is 9.83. The van der Waals surface area contributed by atoms with Crippen molar-refractivity contribution in [2.24, 2.45) is 5.92 Å². The minimum atomic E-state index is -1.19. The van der Waals surface area contributed by atoms with Gasteiger partial charge in [0.05, 0.1) is 38.2 Å². The largest absolute Gasteiger partial charge is 0.491 e. The molecular weight excluding hydrogens is 659 g/mol. The van der Waals surface area contributed by atoms with E-state index in [-0.39, 0.29) is 17.9 Å². The Morgan fingerprint density at radius 1 is 0.980 bits per heavy atom. The van der Waals surface area contributed by atoms with Gasteiger partial charge in [0.15, 0.2) is 0 Å². The van der Waals surface area contributed by atoms with Crippen LogP contribution in [0.15, 0.2) is 41.8 Å². The Morgan fingerprint density at radius 3 is 2.44 bits per heavy atom. The Hall–Kier alpha value is -3.78. The van der Waals surface area contributed by atoms with Gasteiger partial charge in [-0.05, 0) is 63.1 Å². The number of hydrogen-bond donors (Lipinski definition) is 3. The van der Waals surface area contributed by atoms with Gasteiger partial charge in [-0.3, -0.25) is 14.5 Å². The molecule has 0 radical (unpaired) electrons. The van der Waals surface area contributed by atoms with Gasteiger partial charge >= 0.3 is 6.09 Å². The summed E-state index contributed by atoms with van der Waals surface area (Å²) in [7, 11) is 3.26. The first kappa shape index (κ1) is 37.5. The first-order valence-corrected chi connectivity index (χ1v) is 18.6. The van der Waals surface area contributed by atoms with E-state index in [4.69, 9.17) is 19.2 Å². The van der Waals surface area contributed by atoms with E-state index in [0.29, 0.717) is 39.6 Å². The van der Waals surface area contributed by atoms with Crippen molar-refractivity contribution in [2.45, 2.75) is 70.0 Å². The van der Waals surface area contributed by atoms with E-state index in [9.17, 15) is 19.5 Å². The minimum Gasteiger partial charge on any atom is -0.491 e. The van der Waals surface area contributed by atoms with E-state index in [1.165, 1.54) is 7.05 Å². The summed E-state index contributed by atoms with van der Waals surface area (Å²) >= 11 is 1.55. The van der Waals surface area contributed by atoms with Crippen molar-refractivity contribution >= 4 is 40.0 Å². The van der Waals surface area contributed by atoms with Crippen LogP contribution in [0.25, 0.3) is 22.0 Å². The molecule has 5 rings (SSSR count). The number of ether oxygens (including phenoxy) is 3. The molecule has 2 aliphatic rings. The van der Waals surface area contributed by atoms with Crippen LogP contribution in [-0.2, 0) is 19.1 Å². The molecule has 0 unspecified atom stereocenters. The molecule has 0 spiro atoms. The van der Waals surface area contributed by atoms with Crippen molar-refractivity contribution in [2.75, 3.05) is 60.2 Å². The molecule has 2 fully saturated rings. The summed E-state index contributed by atoms with van der Waals surface area (Å²) in [5.74, 6) is 0.229. The summed E-state index contributed by atoms with van der Waals surface area (Å²) in [5.41, 5.74) is 1.83. The molecule has 50 heavy (non-hydrogen) atoms. The highest BCUT2D eigenvalue weighted by Crippen LogP contribution is 2.40. The highest BCUT2D eigenvalue weighted by Gasteiger charge is 2.40. The fraction of sp³-hybridized carbons (Fsp3) is 0.568. The Balaban J connectivity index is 1.28. The topological polar surface area (TPSA) is 143 Å². The van der Waals surface area contributed by atoms with Crippen LogP contribution < -0.4 is 15.4 Å². The Morgan fingerprint density at radius 2 is 1.70 bits per heavy atom. The highest BCUT2D eigenvalue weighted by molar-refractivity contribution is 7.10. The standard InChI is InChI=1S/C37H51N5O7S/c1-25(41(3)37(45)46)34(43)40-33(26-10-5-4-6-11-26)36(44)42-18-9-14-31(42)35-39-30(24-50-35)28-15-16-32(29-13-8-7-12-27(28)29)49-23-22-48-21-20-47-19-17-38-2/h7-8,12-13,15-16,24-26,31,33,38H,4-6,9-11,14,17-23H2,1-3H3,(H,40,43)(H,45,46)/t25-,31-,33-/m0/s1. The zero-order chi connectivity index (χ0) is 35.5. The van der Waals surface area contributed by atoms with Gasteiger partial charge in [0.25, 0.3) is 0 Å². The Labute approximate surface area is 298 Å². The van der Waals surface area contributed by atoms with Crippen LogP contribution in [-0.4, -0.2) is 110 Å². The number of fused-ring (bicyclic) bond motifs is 1. The molecular formula is C37H51N5O7S. The van der Waals surface area contributed by atoms with Crippen molar-refractivity contribution in [3.63, 3.8) is 0 Å². The van der Waals surface area contributed by atoms with Crippen LogP contribution >= 0.6 is 11.3 Å². The predicted molar refractivity (Wildman–Crippen MR) is 194 cm³/mol. The number of amides is 3. The van der Waals surface area contributed by atoms with Crippen molar-refractivity contribution < 1.29 is 33.7 Å². The molecule has 3 N–H and O–H groups in total. The number of carbonyl (C=O) groups is 3. The number of likely N-dealkylation sites (tertiary alicyclic amines) is 1. The maximum Gasteiger partial charge on any atom is 0.407 e. The third-order valence-electron chi connectivity index (χ3n) is 9.80. The number of thiazole rings is 1. The Kier molecular flexibility index (Phi) is 13.8. The van der Waals surface area contributed by atoms with Crippen LogP contribution in [0.4, 0.5) is 4.79 Å². The van der Waals surface area contributed by atoms with Crippen molar-refractivity contribution in [1.82, 2.24) is 25.4 Å². The van der Waals surface area contributed by atoms with E-state index in [0.717, 1.165) is 89.2 Å². The van der Waals surface area contributed by atoms with Crippen molar-refractivity contribution in [3.8, 4) is 17.0 Å².